The van der Waals surface area contributed by atoms with Gasteiger partial charge in [-0.2, -0.15) is 0 Å². The van der Waals surface area contributed by atoms with E-state index >= 15 is 0 Å². The molecule has 1 aliphatic rings. The Morgan fingerprint density at radius 1 is 1.19 bits per heavy atom. The standard InChI is InChI=1S/C16H23N3O2/c1-11-4-2-3-5-14(11)19-15(20)10-18-16(21)12-6-8-13(17)9-7-12/h6-9,11,14H,2-5,10,17H2,1H3,(H,18,21)(H,19,20). The van der Waals surface area contributed by atoms with Crippen LogP contribution in [0.4, 0.5) is 5.69 Å². The van der Waals surface area contributed by atoms with Gasteiger partial charge in [-0.25, -0.2) is 0 Å². The number of nitrogen functional groups attached to an aromatic ring is 1. The summed E-state index contributed by atoms with van der Waals surface area (Å²) < 4.78 is 0. The fourth-order valence-electron chi connectivity index (χ4n) is 2.69. The molecular weight excluding hydrogens is 266 g/mol. The number of benzene rings is 1. The van der Waals surface area contributed by atoms with Crippen molar-refractivity contribution in [3.63, 3.8) is 0 Å². The lowest BCUT2D eigenvalue weighted by Crippen LogP contribution is -2.45. The van der Waals surface area contributed by atoms with Crippen LogP contribution < -0.4 is 16.4 Å². The van der Waals surface area contributed by atoms with Crippen molar-refractivity contribution in [1.82, 2.24) is 10.6 Å². The predicted molar refractivity (Wildman–Crippen MR) is 82.8 cm³/mol. The predicted octanol–water partition coefficient (Wildman–Crippen LogP) is 1.69. The highest BCUT2D eigenvalue weighted by atomic mass is 16.2. The molecule has 114 valence electrons. The van der Waals surface area contributed by atoms with Crippen LogP contribution in [0.5, 0.6) is 0 Å². The molecule has 5 heteroatoms. The Balaban J connectivity index is 1.78. The Hall–Kier alpha value is -2.04. The monoisotopic (exact) mass is 289 g/mol. The van der Waals surface area contributed by atoms with Gasteiger partial charge in [0.2, 0.25) is 5.91 Å². The molecule has 2 unspecified atom stereocenters. The van der Waals surface area contributed by atoms with Crippen molar-refractivity contribution in [3.8, 4) is 0 Å². The Bertz CT molecular complexity index is 499. The number of carbonyl (C=O) groups excluding carboxylic acids is 2. The molecule has 1 aliphatic carbocycles. The van der Waals surface area contributed by atoms with Crippen molar-refractivity contribution in [1.29, 1.82) is 0 Å². The van der Waals surface area contributed by atoms with E-state index in [-0.39, 0.29) is 24.4 Å². The summed E-state index contributed by atoms with van der Waals surface area (Å²) in [7, 11) is 0. The van der Waals surface area contributed by atoms with Gasteiger partial charge < -0.3 is 16.4 Å². The minimum Gasteiger partial charge on any atom is -0.399 e. The van der Waals surface area contributed by atoms with Gasteiger partial charge in [-0.1, -0.05) is 19.8 Å². The number of anilines is 1. The van der Waals surface area contributed by atoms with Crippen molar-refractivity contribution in [2.45, 2.75) is 38.6 Å². The molecule has 1 saturated carbocycles. The fourth-order valence-corrected chi connectivity index (χ4v) is 2.69. The van der Waals surface area contributed by atoms with Crippen LogP contribution >= 0.6 is 0 Å². The molecule has 5 nitrogen and oxygen atoms in total. The highest BCUT2D eigenvalue weighted by Gasteiger charge is 2.22. The molecule has 4 N–H and O–H groups in total. The van der Waals surface area contributed by atoms with Crippen LogP contribution in [0.25, 0.3) is 0 Å². The molecule has 0 heterocycles. The van der Waals surface area contributed by atoms with Crippen LogP contribution in [0.3, 0.4) is 0 Å². The zero-order chi connectivity index (χ0) is 15.2. The molecule has 2 rings (SSSR count). The summed E-state index contributed by atoms with van der Waals surface area (Å²) >= 11 is 0. The molecule has 0 saturated heterocycles. The van der Waals surface area contributed by atoms with E-state index in [4.69, 9.17) is 5.73 Å². The molecule has 1 aromatic carbocycles. The van der Waals surface area contributed by atoms with E-state index in [2.05, 4.69) is 17.6 Å². The minimum atomic E-state index is -0.262. The van der Waals surface area contributed by atoms with Crippen molar-refractivity contribution < 1.29 is 9.59 Å². The van der Waals surface area contributed by atoms with Crippen molar-refractivity contribution >= 4 is 17.5 Å². The van der Waals surface area contributed by atoms with E-state index < -0.39 is 0 Å². The largest absolute Gasteiger partial charge is 0.399 e. The Morgan fingerprint density at radius 3 is 2.52 bits per heavy atom. The topological polar surface area (TPSA) is 84.2 Å². The minimum absolute atomic E-state index is 0.00638. The second-order valence-electron chi connectivity index (χ2n) is 5.74. The summed E-state index contributed by atoms with van der Waals surface area (Å²) in [5.41, 5.74) is 6.68. The van der Waals surface area contributed by atoms with E-state index in [1.807, 2.05) is 0 Å². The lowest BCUT2D eigenvalue weighted by Gasteiger charge is -2.29. The summed E-state index contributed by atoms with van der Waals surface area (Å²) in [4.78, 5) is 23.8. The summed E-state index contributed by atoms with van der Waals surface area (Å²) in [5.74, 6) is 0.120. The third-order valence-electron chi connectivity index (χ3n) is 4.04. The van der Waals surface area contributed by atoms with Crippen molar-refractivity contribution in [2.75, 3.05) is 12.3 Å². The molecular formula is C16H23N3O2. The number of amides is 2. The van der Waals surface area contributed by atoms with Gasteiger partial charge in [-0.3, -0.25) is 9.59 Å². The van der Waals surface area contributed by atoms with Crippen LogP contribution in [0.2, 0.25) is 0 Å². The Kier molecular flexibility index (Phi) is 5.20. The molecule has 2 amide bonds. The Labute approximate surface area is 125 Å². The van der Waals surface area contributed by atoms with Crippen LogP contribution in [-0.2, 0) is 4.79 Å². The van der Waals surface area contributed by atoms with Crippen molar-refractivity contribution in [2.24, 2.45) is 5.92 Å². The van der Waals surface area contributed by atoms with Gasteiger partial charge in [0, 0.05) is 17.3 Å². The van der Waals surface area contributed by atoms with Crippen LogP contribution in [0.15, 0.2) is 24.3 Å². The molecule has 0 aromatic heterocycles. The number of hydrogen-bond acceptors (Lipinski definition) is 3. The second kappa shape index (κ2) is 7.11. The maximum atomic E-state index is 11.9. The number of rotatable bonds is 4. The van der Waals surface area contributed by atoms with Gasteiger partial charge in [0.25, 0.3) is 5.91 Å². The van der Waals surface area contributed by atoms with E-state index in [1.165, 1.54) is 6.42 Å². The van der Waals surface area contributed by atoms with Crippen LogP contribution in [0.1, 0.15) is 43.0 Å². The highest BCUT2D eigenvalue weighted by molar-refractivity contribution is 5.96. The summed E-state index contributed by atoms with van der Waals surface area (Å²) in [5, 5.41) is 5.64. The first-order valence-corrected chi connectivity index (χ1v) is 7.49. The molecule has 1 aromatic rings. The maximum absolute atomic E-state index is 11.9. The average Bonchev–Trinajstić information content (AvgIpc) is 2.48. The lowest BCUT2D eigenvalue weighted by molar-refractivity contribution is -0.121. The first kappa shape index (κ1) is 15.4. The van der Waals surface area contributed by atoms with Gasteiger partial charge >= 0.3 is 0 Å². The van der Waals surface area contributed by atoms with E-state index in [0.29, 0.717) is 17.2 Å². The molecule has 21 heavy (non-hydrogen) atoms. The fraction of sp³-hybridized carbons (Fsp3) is 0.500. The normalized spacial score (nSPS) is 21.6. The van der Waals surface area contributed by atoms with E-state index in [1.54, 1.807) is 24.3 Å². The summed E-state index contributed by atoms with van der Waals surface area (Å²) in [6.45, 7) is 2.17. The smallest absolute Gasteiger partial charge is 0.251 e. The van der Waals surface area contributed by atoms with Crippen LogP contribution in [-0.4, -0.2) is 24.4 Å². The zero-order valence-corrected chi connectivity index (χ0v) is 12.4. The van der Waals surface area contributed by atoms with Gasteiger partial charge in [-0.05, 0) is 43.0 Å². The second-order valence-corrected chi connectivity index (χ2v) is 5.74. The third kappa shape index (κ3) is 4.48. The zero-order valence-electron chi connectivity index (χ0n) is 12.4. The quantitative estimate of drug-likeness (QED) is 0.738. The highest BCUT2D eigenvalue weighted by Crippen LogP contribution is 2.23. The van der Waals surface area contributed by atoms with E-state index in [9.17, 15) is 9.59 Å². The summed E-state index contributed by atoms with van der Waals surface area (Å²) in [6.07, 6.45) is 4.58. The summed E-state index contributed by atoms with van der Waals surface area (Å²) in [6, 6.07) is 6.86. The van der Waals surface area contributed by atoms with Gasteiger partial charge in [-0.15, -0.1) is 0 Å². The van der Waals surface area contributed by atoms with Gasteiger partial charge in [0.1, 0.15) is 0 Å². The number of nitrogens with two attached hydrogens (primary N) is 1. The molecule has 0 radical (unpaired) electrons. The maximum Gasteiger partial charge on any atom is 0.251 e. The first-order valence-electron chi connectivity index (χ1n) is 7.49. The molecule has 2 atom stereocenters. The third-order valence-corrected chi connectivity index (χ3v) is 4.04. The number of nitrogens with one attached hydrogen (secondary N) is 2. The average molecular weight is 289 g/mol. The Morgan fingerprint density at radius 2 is 1.86 bits per heavy atom. The lowest BCUT2D eigenvalue weighted by atomic mass is 9.86. The van der Waals surface area contributed by atoms with E-state index in [0.717, 1.165) is 19.3 Å². The molecule has 0 bridgehead atoms. The SMILES string of the molecule is CC1CCCCC1NC(=O)CNC(=O)c1ccc(N)cc1. The molecule has 1 fully saturated rings. The van der Waals surface area contributed by atoms with Crippen LogP contribution in [0, 0.1) is 5.92 Å². The first-order chi connectivity index (χ1) is 10.1. The number of carbonyl (C=O) groups is 2. The van der Waals surface area contributed by atoms with Gasteiger partial charge in [0.15, 0.2) is 0 Å². The molecule has 0 aliphatic heterocycles. The number of hydrogen-bond donors (Lipinski definition) is 3. The van der Waals surface area contributed by atoms with Gasteiger partial charge in [0.05, 0.1) is 6.54 Å². The van der Waals surface area contributed by atoms with Crippen molar-refractivity contribution in [3.05, 3.63) is 29.8 Å². The molecule has 0 spiro atoms.